The monoisotopic (exact) mass is 177 g/mol. The topological polar surface area (TPSA) is 43.1 Å². The van der Waals surface area contributed by atoms with Crippen LogP contribution in [0, 0.1) is 0 Å². The second-order valence-electron chi connectivity index (χ2n) is 2.56. The first-order valence-electron chi connectivity index (χ1n) is 3.54. The summed E-state index contributed by atoms with van der Waals surface area (Å²) in [6.45, 7) is 0. The average Bonchev–Trinajstić information content (AvgIpc) is 2.46. The maximum absolute atomic E-state index is 10.4. The molecule has 0 atom stereocenters. The molecule has 1 aromatic carbocycles. The molecule has 2 rings (SSSR count). The summed E-state index contributed by atoms with van der Waals surface area (Å²) in [5.74, 6) is 0. The summed E-state index contributed by atoms with van der Waals surface area (Å²) in [5.41, 5.74) is 6.32. The molecule has 0 saturated heterocycles. The molecule has 1 heterocycles. The van der Waals surface area contributed by atoms with Crippen LogP contribution in [0.15, 0.2) is 24.3 Å². The molecule has 0 aliphatic rings. The van der Waals surface area contributed by atoms with Gasteiger partial charge in [-0.15, -0.1) is 11.3 Å². The molecule has 3 heteroatoms. The molecule has 0 radical (unpaired) electrons. The maximum atomic E-state index is 10.4. The van der Waals surface area contributed by atoms with Crippen molar-refractivity contribution in [1.29, 1.82) is 0 Å². The molecule has 2 N–H and O–H groups in total. The van der Waals surface area contributed by atoms with Gasteiger partial charge in [0.2, 0.25) is 0 Å². The molecule has 1 aromatic heterocycles. The number of benzene rings is 1. The Morgan fingerprint density at radius 1 is 1.33 bits per heavy atom. The van der Waals surface area contributed by atoms with E-state index in [9.17, 15) is 4.79 Å². The molecule has 0 aliphatic heterocycles. The lowest BCUT2D eigenvalue weighted by Gasteiger charge is -1.90. The number of carbonyl (C=O) groups is 1. The van der Waals surface area contributed by atoms with E-state index in [1.165, 1.54) is 11.3 Å². The Morgan fingerprint density at radius 2 is 2.17 bits per heavy atom. The van der Waals surface area contributed by atoms with Gasteiger partial charge in [0, 0.05) is 10.4 Å². The van der Waals surface area contributed by atoms with E-state index in [4.69, 9.17) is 5.73 Å². The van der Waals surface area contributed by atoms with E-state index in [1.807, 2.05) is 24.3 Å². The largest absolute Gasteiger partial charge is 0.399 e. The van der Waals surface area contributed by atoms with Crippen LogP contribution >= 0.6 is 11.3 Å². The number of anilines is 1. The predicted octanol–water partition coefficient (Wildman–Crippen LogP) is 2.30. The van der Waals surface area contributed by atoms with Crippen LogP contribution in [0.2, 0.25) is 0 Å². The number of rotatable bonds is 1. The minimum absolute atomic E-state index is 0.734. The highest BCUT2D eigenvalue weighted by atomic mass is 32.1. The normalized spacial score (nSPS) is 10.3. The standard InChI is InChI=1S/C9H7NOS/c10-7-1-2-9-6(3-7)4-8(5-11)12-9/h1-5H,10H2. The summed E-state index contributed by atoms with van der Waals surface area (Å²) in [6.07, 6.45) is 0.862. The lowest BCUT2D eigenvalue weighted by molar-refractivity contribution is 0.112. The highest BCUT2D eigenvalue weighted by Gasteiger charge is 1.99. The molecule has 0 unspecified atom stereocenters. The van der Waals surface area contributed by atoms with Crippen molar-refractivity contribution in [3.8, 4) is 0 Å². The van der Waals surface area contributed by atoms with E-state index < -0.39 is 0 Å². The Bertz CT molecular complexity index is 433. The van der Waals surface area contributed by atoms with Gasteiger partial charge in [-0.3, -0.25) is 4.79 Å². The van der Waals surface area contributed by atoms with Crippen LogP contribution < -0.4 is 5.73 Å². The van der Waals surface area contributed by atoms with Crippen molar-refractivity contribution in [2.75, 3.05) is 5.73 Å². The van der Waals surface area contributed by atoms with Crippen LogP contribution in [0.1, 0.15) is 9.67 Å². The Morgan fingerprint density at radius 3 is 2.92 bits per heavy atom. The van der Waals surface area contributed by atoms with Gasteiger partial charge in [-0.05, 0) is 29.7 Å². The third kappa shape index (κ3) is 1.08. The molecular weight excluding hydrogens is 170 g/mol. The third-order valence-corrected chi connectivity index (χ3v) is 2.72. The van der Waals surface area contributed by atoms with Crippen molar-refractivity contribution in [2.45, 2.75) is 0 Å². The summed E-state index contributed by atoms with van der Waals surface area (Å²) in [4.78, 5) is 11.2. The van der Waals surface area contributed by atoms with Crippen molar-refractivity contribution >= 4 is 33.4 Å². The Kier molecular flexibility index (Phi) is 1.59. The number of fused-ring (bicyclic) bond motifs is 1. The summed E-state index contributed by atoms with van der Waals surface area (Å²) >= 11 is 1.48. The fourth-order valence-corrected chi connectivity index (χ4v) is 2.00. The lowest BCUT2D eigenvalue weighted by Crippen LogP contribution is -1.80. The van der Waals surface area contributed by atoms with Gasteiger partial charge in [-0.25, -0.2) is 0 Å². The number of carbonyl (C=O) groups excluding carboxylic acids is 1. The molecule has 0 fully saturated rings. The van der Waals surface area contributed by atoms with Crippen molar-refractivity contribution in [3.63, 3.8) is 0 Å². The smallest absolute Gasteiger partial charge is 0.160 e. The first-order valence-corrected chi connectivity index (χ1v) is 4.35. The van der Waals surface area contributed by atoms with Gasteiger partial charge in [-0.1, -0.05) is 0 Å². The van der Waals surface area contributed by atoms with Crippen molar-refractivity contribution in [1.82, 2.24) is 0 Å². The fraction of sp³-hybridized carbons (Fsp3) is 0. The lowest BCUT2D eigenvalue weighted by atomic mass is 10.2. The number of hydrogen-bond acceptors (Lipinski definition) is 3. The molecule has 0 aliphatic carbocycles. The highest BCUT2D eigenvalue weighted by molar-refractivity contribution is 7.20. The number of nitrogen functional groups attached to an aromatic ring is 1. The second-order valence-corrected chi connectivity index (χ2v) is 3.68. The minimum atomic E-state index is 0.734. The summed E-state index contributed by atoms with van der Waals surface area (Å²) in [6, 6.07) is 7.50. The average molecular weight is 177 g/mol. The molecule has 0 amide bonds. The Balaban J connectivity index is 2.75. The number of aldehydes is 1. The van der Waals surface area contributed by atoms with Gasteiger partial charge >= 0.3 is 0 Å². The first-order chi connectivity index (χ1) is 5.79. The van der Waals surface area contributed by atoms with Crippen LogP contribution in [0.3, 0.4) is 0 Å². The molecule has 0 spiro atoms. The van der Waals surface area contributed by atoms with Crippen molar-refractivity contribution in [3.05, 3.63) is 29.1 Å². The summed E-state index contributed by atoms with van der Waals surface area (Å²) in [5, 5.41) is 1.04. The van der Waals surface area contributed by atoms with Crippen molar-refractivity contribution < 1.29 is 4.79 Å². The zero-order chi connectivity index (χ0) is 8.55. The van der Waals surface area contributed by atoms with Gasteiger partial charge in [0.1, 0.15) is 0 Å². The van der Waals surface area contributed by atoms with E-state index in [1.54, 1.807) is 0 Å². The van der Waals surface area contributed by atoms with Gasteiger partial charge in [0.15, 0.2) is 6.29 Å². The quantitative estimate of drug-likeness (QED) is 0.536. The van der Waals surface area contributed by atoms with E-state index in [0.717, 1.165) is 26.9 Å². The maximum Gasteiger partial charge on any atom is 0.160 e. The minimum Gasteiger partial charge on any atom is -0.399 e. The van der Waals surface area contributed by atoms with Crippen molar-refractivity contribution in [2.24, 2.45) is 0 Å². The van der Waals surface area contributed by atoms with Crippen LogP contribution in [-0.2, 0) is 0 Å². The Hall–Kier alpha value is -1.35. The molecule has 2 nitrogen and oxygen atoms in total. The van der Waals surface area contributed by atoms with E-state index in [2.05, 4.69) is 0 Å². The van der Waals surface area contributed by atoms with E-state index >= 15 is 0 Å². The highest BCUT2D eigenvalue weighted by Crippen LogP contribution is 2.25. The third-order valence-electron chi connectivity index (χ3n) is 1.68. The molecule has 0 bridgehead atoms. The van der Waals surface area contributed by atoms with E-state index in [-0.39, 0.29) is 0 Å². The number of nitrogens with two attached hydrogens (primary N) is 1. The molecule has 0 saturated carbocycles. The van der Waals surface area contributed by atoms with Crippen LogP contribution in [0.4, 0.5) is 5.69 Å². The van der Waals surface area contributed by atoms with Gasteiger partial charge in [-0.2, -0.15) is 0 Å². The zero-order valence-electron chi connectivity index (χ0n) is 6.28. The molecular formula is C9H7NOS. The van der Waals surface area contributed by atoms with Gasteiger partial charge < -0.3 is 5.73 Å². The first kappa shape index (κ1) is 7.31. The summed E-state index contributed by atoms with van der Waals surface area (Å²) < 4.78 is 1.10. The fourth-order valence-electron chi connectivity index (χ4n) is 1.14. The van der Waals surface area contributed by atoms with Crippen LogP contribution in [-0.4, -0.2) is 6.29 Å². The van der Waals surface area contributed by atoms with Crippen LogP contribution in [0.25, 0.3) is 10.1 Å². The van der Waals surface area contributed by atoms with E-state index in [0.29, 0.717) is 0 Å². The molecule has 60 valence electrons. The van der Waals surface area contributed by atoms with Gasteiger partial charge in [0.05, 0.1) is 4.88 Å². The number of thiophene rings is 1. The second kappa shape index (κ2) is 2.60. The summed E-state index contributed by atoms with van der Waals surface area (Å²) in [7, 11) is 0. The number of hydrogen-bond donors (Lipinski definition) is 1. The predicted molar refractivity (Wildman–Crippen MR) is 51.6 cm³/mol. The Labute approximate surface area is 73.6 Å². The van der Waals surface area contributed by atoms with Crippen LogP contribution in [0.5, 0.6) is 0 Å². The molecule has 12 heavy (non-hydrogen) atoms. The molecule has 2 aromatic rings. The van der Waals surface area contributed by atoms with Gasteiger partial charge in [0.25, 0.3) is 0 Å². The SMILES string of the molecule is Nc1ccc2sc(C=O)cc2c1. The zero-order valence-corrected chi connectivity index (χ0v) is 7.10.